The number of aromatic nitrogens is 3. The fraction of sp³-hybridized carbons (Fsp3) is 0.294. The number of fused-ring (bicyclic) bond motifs is 1. The minimum absolute atomic E-state index is 0.0483. The lowest BCUT2D eigenvalue weighted by Gasteiger charge is -2.45. The van der Waals surface area contributed by atoms with Gasteiger partial charge < -0.3 is 9.80 Å². The summed E-state index contributed by atoms with van der Waals surface area (Å²) in [6, 6.07) is 13.1. The monoisotopic (exact) mass is 601 g/mol. The highest BCUT2D eigenvalue weighted by molar-refractivity contribution is 6.50. The average Bonchev–Trinajstić information content (AvgIpc) is 2.96. The zero-order valence-corrected chi connectivity index (χ0v) is 26.5. The first-order chi connectivity index (χ1) is 20.9. The molecule has 0 bridgehead atoms. The number of benzene rings is 2. The number of amides is 1. The predicted molar refractivity (Wildman–Crippen MR) is 182 cm³/mol. The molecule has 1 amide bonds. The fourth-order valence-corrected chi connectivity index (χ4v) is 6.50. The van der Waals surface area contributed by atoms with Crippen molar-refractivity contribution in [3.63, 3.8) is 0 Å². The molecule has 2 aromatic heterocycles. The molecule has 1 aliphatic rings. The highest BCUT2D eigenvalue weighted by Crippen LogP contribution is 2.39. The zero-order valence-electron chi connectivity index (χ0n) is 25.7. The number of aryl methyl sites for hydroxylation is 1. The van der Waals surface area contributed by atoms with Crippen LogP contribution in [0.15, 0.2) is 71.5 Å². The van der Waals surface area contributed by atoms with Gasteiger partial charge in [-0.05, 0) is 67.7 Å². The third-order valence-corrected chi connectivity index (χ3v) is 8.42. The van der Waals surface area contributed by atoms with Crippen molar-refractivity contribution in [3.05, 3.63) is 99.0 Å². The maximum Gasteiger partial charge on any atom is 0.354 e. The number of hydrogen-bond acceptors (Lipinski definition) is 5. The van der Waals surface area contributed by atoms with Crippen LogP contribution in [-0.2, 0) is 4.79 Å². The van der Waals surface area contributed by atoms with Crippen molar-refractivity contribution in [2.24, 2.45) is 0 Å². The zero-order chi connectivity index (χ0) is 31.9. The van der Waals surface area contributed by atoms with Gasteiger partial charge in [0.25, 0.3) is 0 Å². The molecule has 1 aliphatic heterocycles. The predicted octanol–water partition coefficient (Wildman–Crippen LogP) is 5.78. The second kappa shape index (κ2) is 12.5. The summed E-state index contributed by atoms with van der Waals surface area (Å²) in [5.74, 6) is 0.447. The maximum absolute atomic E-state index is 14.2. The van der Waals surface area contributed by atoms with Crippen molar-refractivity contribution in [2.75, 3.05) is 18.0 Å². The average molecular weight is 602 g/mol. The number of anilines is 1. The Kier molecular flexibility index (Phi) is 8.89. The molecule has 4 aromatic rings. The minimum atomic E-state index is -0.429. The van der Waals surface area contributed by atoms with E-state index in [-0.39, 0.29) is 29.3 Å². The van der Waals surface area contributed by atoms with Gasteiger partial charge in [-0.15, -0.1) is 0 Å². The van der Waals surface area contributed by atoms with Crippen LogP contribution in [0.1, 0.15) is 50.4 Å². The standard InChI is InChI=1S/C34H34B2ClN5O2/c1-7-30(43)40-17-21(5)41(22(6)18-40)33-26-15-27(37)25(24-11-9-8-10-23(24)14-29(35)36)16-28(26)42(34(44)39-33)32-20(4)12-13-38-31(32)19(2)3/h7-16,19,21-22H,1,17-18H2,2-6H3/t21-,22-/m0/s1. The van der Waals surface area contributed by atoms with Crippen molar-refractivity contribution >= 4 is 56.0 Å². The largest absolute Gasteiger partial charge is 0.354 e. The Morgan fingerprint density at radius 1 is 1.09 bits per heavy atom. The molecule has 5 rings (SSSR count). The highest BCUT2D eigenvalue weighted by Gasteiger charge is 2.34. The second-order valence-corrected chi connectivity index (χ2v) is 12.1. The molecule has 4 radical (unpaired) electrons. The van der Waals surface area contributed by atoms with E-state index in [0.29, 0.717) is 46.1 Å². The Bertz CT molecular complexity index is 1850. The SMILES string of the molecule is [B]C([B])=Cc1ccccc1-c1cc2c(cc1Cl)c(N1[C@@H](C)CN(C(=O)C=C)C[C@@H]1C)nc(=O)n2-c1c(C)ccnc1C(C)C. The van der Waals surface area contributed by atoms with Crippen LogP contribution in [0.3, 0.4) is 0 Å². The lowest BCUT2D eigenvalue weighted by atomic mass is 9.77. The van der Waals surface area contributed by atoms with Crippen LogP contribution >= 0.6 is 11.6 Å². The molecule has 0 unspecified atom stereocenters. The number of carbonyl (C=O) groups is 1. The molecule has 0 N–H and O–H groups in total. The quantitative estimate of drug-likeness (QED) is 0.207. The van der Waals surface area contributed by atoms with Crippen molar-refractivity contribution in [2.45, 2.75) is 52.6 Å². The second-order valence-electron chi connectivity index (χ2n) is 11.7. The van der Waals surface area contributed by atoms with Gasteiger partial charge in [0, 0.05) is 47.3 Å². The molecule has 1 saturated heterocycles. The normalized spacial score (nSPS) is 16.8. The first-order valence-corrected chi connectivity index (χ1v) is 15.0. The molecule has 2 aromatic carbocycles. The summed E-state index contributed by atoms with van der Waals surface area (Å²) >= 11 is 7.07. The maximum atomic E-state index is 14.2. The van der Waals surface area contributed by atoms with Crippen LogP contribution in [0.25, 0.3) is 33.8 Å². The fourth-order valence-electron chi connectivity index (χ4n) is 6.23. The van der Waals surface area contributed by atoms with E-state index in [4.69, 9.17) is 32.3 Å². The van der Waals surface area contributed by atoms with Crippen LogP contribution in [0, 0.1) is 6.92 Å². The molecule has 10 heteroatoms. The molecule has 0 aliphatic carbocycles. The Balaban J connectivity index is 1.85. The summed E-state index contributed by atoms with van der Waals surface area (Å²) in [6.45, 7) is 14.7. The molecule has 44 heavy (non-hydrogen) atoms. The van der Waals surface area contributed by atoms with Crippen molar-refractivity contribution in [1.82, 2.24) is 19.4 Å². The van der Waals surface area contributed by atoms with Crippen molar-refractivity contribution < 1.29 is 4.79 Å². The van der Waals surface area contributed by atoms with Crippen molar-refractivity contribution in [3.8, 4) is 16.8 Å². The third kappa shape index (κ3) is 5.73. The summed E-state index contributed by atoms with van der Waals surface area (Å²) < 4.78 is 1.65. The summed E-state index contributed by atoms with van der Waals surface area (Å²) in [6.07, 6.45) is 4.79. The molecule has 0 saturated carbocycles. The van der Waals surface area contributed by atoms with Crippen molar-refractivity contribution in [1.29, 1.82) is 0 Å². The molecule has 0 spiro atoms. The van der Waals surface area contributed by atoms with Crippen LogP contribution < -0.4 is 10.6 Å². The number of carbonyl (C=O) groups excluding carboxylic acids is 1. The number of pyridine rings is 1. The Morgan fingerprint density at radius 2 is 1.77 bits per heavy atom. The molecule has 1 fully saturated rings. The van der Waals surface area contributed by atoms with E-state index in [1.54, 1.807) is 21.7 Å². The van der Waals surface area contributed by atoms with Crippen LogP contribution in [0.4, 0.5) is 5.82 Å². The van der Waals surface area contributed by atoms with E-state index in [2.05, 4.69) is 30.3 Å². The van der Waals surface area contributed by atoms with Gasteiger partial charge in [-0.25, -0.2) is 4.79 Å². The molecule has 2 atom stereocenters. The number of hydrogen-bond donors (Lipinski definition) is 0. The molecular weight excluding hydrogens is 567 g/mol. The van der Waals surface area contributed by atoms with E-state index in [9.17, 15) is 9.59 Å². The van der Waals surface area contributed by atoms with Gasteiger partial charge in [-0.3, -0.25) is 14.3 Å². The van der Waals surface area contributed by atoms with Crippen LogP contribution in [0.2, 0.25) is 5.02 Å². The van der Waals surface area contributed by atoms with E-state index < -0.39 is 5.69 Å². The highest BCUT2D eigenvalue weighted by atomic mass is 35.5. The third-order valence-electron chi connectivity index (χ3n) is 8.11. The Morgan fingerprint density at radius 3 is 2.41 bits per heavy atom. The van der Waals surface area contributed by atoms with Gasteiger partial charge in [0.1, 0.15) is 5.82 Å². The molecule has 3 heterocycles. The van der Waals surface area contributed by atoms with Crippen LogP contribution in [0.5, 0.6) is 0 Å². The Hall–Kier alpha value is -4.10. The summed E-state index contributed by atoms with van der Waals surface area (Å²) in [5, 5.41) is 1.36. The molecule has 7 nitrogen and oxygen atoms in total. The van der Waals surface area contributed by atoms with Gasteiger partial charge in [-0.2, -0.15) is 10.4 Å². The first-order valence-electron chi connectivity index (χ1n) is 14.7. The summed E-state index contributed by atoms with van der Waals surface area (Å²) in [7, 11) is 11.7. The number of piperazine rings is 1. The van der Waals surface area contributed by atoms with E-state index in [0.717, 1.165) is 22.4 Å². The van der Waals surface area contributed by atoms with E-state index in [1.807, 2.05) is 63.2 Å². The number of nitrogens with zero attached hydrogens (tertiary/aromatic N) is 5. The van der Waals surface area contributed by atoms with Gasteiger partial charge in [0.2, 0.25) is 5.91 Å². The topological polar surface area (TPSA) is 71.3 Å². The van der Waals surface area contributed by atoms with Gasteiger partial charge in [-0.1, -0.05) is 62.4 Å². The molecule has 220 valence electrons. The molecular formula is C34H34B2ClN5O2. The Labute approximate surface area is 266 Å². The van der Waals surface area contributed by atoms with E-state index in [1.165, 1.54) is 6.08 Å². The summed E-state index contributed by atoms with van der Waals surface area (Å²) in [4.78, 5) is 40.0. The van der Waals surface area contributed by atoms with Crippen LogP contribution in [-0.4, -0.2) is 66.2 Å². The van der Waals surface area contributed by atoms with Gasteiger partial charge in [0.05, 0.1) is 32.6 Å². The lowest BCUT2D eigenvalue weighted by Crippen LogP contribution is -2.58. The lowest BCUT2D eigenvalue weighted by molar-refractivity contribution is -0.127. The minimum Gasteiger partial charge on any atom is -0.347 e. The van der Waals surface area contributed by atoms with E-state index >= 15 is 0 Å². The smallest absolute Gasteiger partial charge is 0.347 e. The number of rotatable bonds is 6. The van der Waals surface area contributed by atoms with Gasteiger partial charge >= 0.3 is 5.69 Å². The first kappa shape index (κ1) is 31.3. The summed E-state index contributed by atoms with van der Waals surface area (Å²) in [5.41, 5.74) is 4.92. The number of halogens is 1. The van der Waals surface area contributed by atoms with Gasteiger partial charge in [0.15, 0.2) is 0 Å².